The van der Waals surface area contributed by atoms with E-state index in [-0.39, 0.29) is 6.04 Å². The molecule has 2 rings (SSSR count). The summed E-state index contributed by atoms with van der Waals surface area (Å²) in [5.74, 6) is 0. The van der Waals surface area contributed by atoms with E-state index in [2.05, 4.69) is 77.3 Å². The first-order valence-corrected chi connectivity index (χ1v) is 7.70. The van der Waals surface area contributed by atoms with E-state index in [9.17, 15) is 0 Å². The van der Waals surface area contributed by atoms with Crippen LogP contribution in [0.25, 0.3) is 0 Å². The molecule has 2 aromatic rings. The largest absolute Gasteiger partial charge is 0.344 e. The molecule has 0 aliphatic rings. The molecule has 0 aliphatic heterocycles. The molecule has 3 heteroatoms. The molecule has 0 amide bonds. The molecule has 0 fully saturated rings. The standard InChI is InChI=1S/C17H21BrN2/c1-4-13-5-8-15(9-6-13)20(3)17-10-7-14(12(2)19)11-16(17)18/h5-12H,4,19H2,1-3H3/t12-/m1/s1. The summed E-state index contributed by atoms with van der Waals surface area (Å²) < 4.78 is 1.06. The highest BCUT2D eigenvalue weighted by Gasteiger charge is 2.10. The van der Waals surface area contributed by atoms with Gasteiger partial charge in [0.05, 0.1) is 5.69 Å². The molecular formula is C17H21BrN2. The summed E-state index contributed by atoms with van der Waals surface area (Å²) in [6.07, 6.45) is 1.07. The van der Waals surface area contributed by atoms with Gasteiger partial charge in [0.1, 0.15) is 0 Å². The molecule has 2 N–H and O–H groups in total. The summed E-state index contributed by atoms with van der Waals surface area (Å²) in [5.41, 5.74) is 10.7. The highest BCUT2D eigenvalue weighted by atomic mass is 79.9. The fourth-order valence-electron chi connectivity index (χ4n) is 2.17. The Morgan fingerprint density at radius 1 is 1.15 bits per heavy atom. The van der Waals surface area contributed by atoms with Crippen molar-refractivity contribution >= 4 is 27.3 Å². The molecule has 0 bridgehead atoms. The van der Waals surface area contributed by atoms with Crippen LogP contribution in [0.2, 0.25) is 0 Å². The highest BCUT2D eigenvalue weighted by molar-refractivity contribution is 9.10. The van der Waals surface area contributed by atoms with Gasteiger partial charge in [-0.3, -0.25) is 0 Å². The van der Waals surface area contributed by atoms with Crippen LogP contribution in [-0.4, -0.2) is 7.05 Å². The van der Waals surface area contributed by atoms with Gasteiger partial charge in [0.2, 0.25) is 0 Å². The average molecular weight is 333 g/mol. The first-order valence-electron chi connectivity index (χ1n) is 6.90. The maximum atomic E-state index is 5.92. The second-order valence-electron chi connectivity index (χ2n) is 5.08. The Bertz CT molecular complexity index is 576. The number of hydrogen-bond donors (Lipinski definition) is 1. The molecule has 106 valence electrons. The molecular weight excluding hydrogens is 312 g/mol. The molecule has 0 unspecified atom stereocenters. The normalized spacial score (nSPS) is 12.2. The second kappa shape index (κ2) is 6.42. The van der Waals surface area contributed by atoms with Crippen LogP contribution in [-0.2, 0) is 6.42 Å². The third-order valence-corrected chi connectivity index (χ3v) is 4.23. The number of aryl methyl sites for hydroxylation is 1. The topological polar surface area (TPSA) is 29.3 Å². The first kappa shape index (κ1) is 15.1. The van der Waals surface area contributed by atoms with Crippen molar-refractivity contribution in [2.24, 2.45) is 5.73 Å². The van der Waals surface area contributed by atoms with Crippen molar-refractivity contribution in [3.8, 4) is 0 Å². The Hall–Kier alpha value is -1.32. The van der Waals surface area contributed by atoms with E-state index in [1.165, 1.54) is 11.3 Å². The number of nitrogens with zero attached hydrogens (tertiary/aromatic N) is 1. The van der Waals surface area contributed by atoms with Gasteiger partial charge in [-0.2, -0.15) is 0 Å². The van der Waals surface area contributed by atoms with Crippen molar-refractivity contribution in [2.45, 2.75) is 26.3 Å². The third-order valence-electron chi connectivity index (χ3n) is 3.59. The number of benzene rings is 2. The fraction of sp³-hybridized carbons (Fsp3) is 0.294. The molecule has 20 heavy (non-hydrogen) atoms. The molecule has 0 radical (unpaired) electrons. The monoisotopic (exact) mass is 332 g/mol. The number of hydrogen-bond acceptors (Lipinski definition) is 2. The van der Waals surface area contributed by atoms with Crippen LogP contribution in [0.15, 0.2) is 46.9 Å². The van der Waals surface area contributed by atoms with E-state index in [4.69, 9.17) is 5.73 Å². The highest BCUT2D eigenvalue weighted by Crippen LogP contribution is 2.32. The van der Waals surface area contributed by atoms with Gasteiger partial charge in [-0.05, 0) is 64.7 Å². The van der Waals surface area contributed by atoms with E-state index in [0.717, 1.165) is 22.1 Å². The maximum Gasteiger partial charge on any atom is 0.0552 e. The lowest BCUT2D eigenvalue weighted by atomic mass is 10.1. The van der Waals surface area contributed by atoms with Gasteiger partial charge in [-0.15, -0.1) is 0 Å². The van der Waals surface area contributed by atoms with Crippen molar-refractivity contribution in [1.82, 2.24) is 0 Å². The van der Waals surface area contributed by atoms with Crippen LogP contribution < -0.4 is 10.6 Å². The summed E-state index contributed by atoms with van der Waals surface area (Å²) in [5, 5.41) is 0. The molecule has 0 aliphatic carbocycles. The lowest BCUT2D eigenvalue weighted by molar-refractivity contribution is 0.817. The zero-order valence-electron chi connectivity index (χ0n) is 12.2. The van der Waals surface area contributed by atoms with Crippen LogP contribution in [0.1, 0.15) is 31.0 Å². The van der Waals surface area contributed by atoms with Gasteiger partial charge >= 0.3 is 0 Å². The summed E-state index contributed by atoms with van der Waals surface area (Å²) >= 11 is 3.64. The average Bonchev–Trinajstić information content (AvgIpc) is 2.46. The van der Waals surface area contributed by atoms with Gasteiger partial charge in [-0.1, -0.05) is 25.1 Å². The van der Waals surface area contributed by atoms with Crippen LogP contribution in [0.4, 0.5) is 11.4 Å². The molecule has 1 atom stereocenters. The lowest BCUT2D eigenvalue weighted by Gasteiger charge is -2.22. The Balaban J connectivity index is 2.30. The van der Waals surface area contributed by atoms with Crippen LogP contribution in [0, 0.1) is 0 Å². The number of nitrogens with two attached hydrogens (primary N) is 1. The van der Waals surface area contributed by atoms with E-state index in [1.54, 1.807) is 0 Å². The van der Waals surface area contributed by atoms with Crippen molar-refractivity contribution in [1.29, 1.82) is 0 Å². The summed E-state index contributed by atoms with van der Waals surface area (Å²) in [6, 6.07) is 15.0. The maximum absolute atomic E-state index is 5.92. The predicted octanol–water partition coefficient (Wildman–Crippen LogP) is 4.80. The molecule has 0 saturated heterocycles. The molecule has 2 nitrogen and oxygen atoms in total. The van der Waals surface area contributed by atoms with E-state index in [0.29, 0.717) is 0 Å². The van der Waals surface area contributed by atoms with Gasteiger partial charge in [-0.25, -0.2) is 0 Å². The van der Waals surface area contributed by atoms with Gasteiger partial charge in [0.25, 0.3) is 0 Å². The quantitative estimate of drug-likeness (QED) is 0.871. The Morgan fingerprint density at radius 3 is 2.30 bits per heavy atom. The minimum Gasteiger partial charge on any atom is -0.344 e. The smallest absolute Gasteiger partial charge is 0.0552 e. The SMILES string of the molecule is CCc1ccc(N(C)c2ccc([C@@H](C)N)cc2Br)cc1. The number of anilines is 2. The zero-order valence-corrected chi connectivity index (χ0v) is 13.8. The van der Waals surface area contributed by atoms with E-state index in [1.807, 2.05) is 6.92 Å². The van der Waals surface area contributed by atoms with Crippen LogP contribution in [0.3, 0.4) is 0 Å². The lowest BCUT2D eigenvalue weighted by Crippen LogP contribution is -2.11. The second-order valence-corrected chi connectivity index (χ2v) is 5.93. The summed E-state index contributed by atoms with van der Waals surface area (Å²) in [4.78, 5) is 2.18. The predicted molar refractivity (Wildman–Crippen MR) is 90.6 cm³/mol. The van der Waals surface area contributed by atoms with E-state index < -0.39 is 0 Å². The first-order chi connectivity index (χ1) is 9.52. The number of rotatable bonds is 4. The van der Waals surface area contributed by atoms with Crippen LogP contribution >= 0.6 is 15.9 Å². The Morgan fingerprint density at radius 2 is 1.80 bits per heavy atom. The summed E-state index contributed by atoms with van der Waals surface area (Å²) in [6.45, 7) is 4.16. The zero-order chi connectivity index (χ0) is 14.7. The van der Waals surface area contributed by atoms with Crippen molar-refractivity contribution in [3.05, 3.63) is 58.1 Å². The third kappa shape index (κ3) is 3.22. The van der Waals surface area contributed by atoms with Gasteiger partial charge in [0, 0.05) is 23.2 Å². The molecule has 0 aromatic heterocycles. The Kier molecular flexibility index (Phi) is 4.84. The van der Waals surface area contributed by atoms with Crippen molar-refractivity contribution in [3.63, 3.8) is 0 Å². The minimum absolute atomic E-state index is 0.0505. The molecule has 0 spiro atoms. The fourth-order valence-corrected chi connectivity index (χ4v) is 2.84. The number of halogens is 1. The molecule has 2 aromatic carbocycles. The van der Waals surface area contributed by atoms with Crippen LogP contribution in [0.5, 0.6) is 0 Å². The van der Waals surface area contributed by atoms with Gasteiger partial charge < -0.3 is 10.6 Å². The van der Waals surface area contributed by atoms with Gasteiger partial charge in [0.15, 0.2) is 0 Å². The Labute approximate surface area is 129 Å². The van der Waals surface area contributed by atoms with Crippen molar-refractivity contribution in [2.75, 3.05) is 11.9 Å². The minimum atomic E-state index is 0.0505. The van der Waals surface area contributed by atoms with E-state index >= 15 is 0 Å². The van der Waals surface area contributed by atoms with Crippen molar-refractivity contribution < 1.29 is 0 Å². The molecule has 0 saturated carbocycles. The molecule has 0 heterocycles. The summed E-state index contributed by atoms with van der Waals surface area (Å²) in [7, 11) is 2.08.